The minimum Gasteiger partial charge on any atom is -0.376 e. The van der Waals surface area contributed by atoms with Crippen molar-refractivity contribution in [2.45, 2.75) is 30.2 Å². The summed E-state index contributed by atoms with van der Waals surface area (Å²) in [4.78, 5) is 13.0. The van der Waals surface area contributed by atoms with Crippen LogP contribution in [0.25, 0.3) is 0 Å². The SMILES string of the molecule is O=C(NC1(c2ccc(F)cc2)COC1)C1CC12CCc1ccccc12. The van der Waals surface area contributed by atoms with Crippen molar-refractivity contribution < 1.29 is 13.9 Å². The molecule has 1 saturated carbocycles. The molecular formula is C21H20FNO2. The van der Waals surface area contributed by atoms with Gasteiger partial charge in [0.05, 0.1) is 13.2 Å². The van der Waals surface area contributed by atoms with Crippen molar-refractivity contribution in [3.8, 4) is 0 Å². The van der Waals surface area contributed by atoms with Crippen LogP contribution in [-0.2, 0) is 26.9 Å². The second kappa shape index (κ2) is 5.15. The predicted molar refractivity (Wildman–Crippen MR) is 91.6 cm³/mol. The summed E-state index contributed by atoms with van der Waals surface area (Å²) in [7, 11) is 0. The molecule has 3 nitrogen and oxygen atoms in total. The fraction of sp³-hybridized carbons (Fsp3) is 0.381. The van der Waals surface area contributed by atoms with Crippen LogP contribution in [0.2, 0.25) is 0 Å². The zero-order chi connectivity index (χ0) is 17.1. The first-order valence-electron chi connectivity index (χ1n) is 8.87. The summed E-state index contributed by atoms with van der Waals surface area (Å²) >= 11 is 0. The summed E-state index contributed by atoms with van der Waals surface area (Å²) in [6, 6.07) is 14.9. The van der Waals surface area contributed by atoms with E-state index in [1.165, 1.54) is 23.3 Å². The van der Waals surface area contributed by atoms with Crippen molar-refractivity contribution in [1.29, 1.82) is 0 Å². The number of aryl methyl sites for hydroxylation is 1. The molecule has 2 aliphatic carbocycles. The number of benzene rings is 2. The highest BCUT2D eigenvalue weighted by molar-refractivity contribution is 5.86. The van der Waals surface area contributed by atoms with E-state index in [0.717, 1.165) is 24.8 Å². The van der Waals surface area contributed by atoms with Crippen molar-refractivity contribution in [2.75, 3.05) is 13.2 Å². The molecule has 128 valence electrons. The van der Waals surface area contributed by atoms with Gasteiger partial charge in [-0.2, -0.15) is 0 Å². The summed E-state index contributed by atoms with van der Waals surface area (Å²) in [5, 5.41) is 3.22. The Morgan fingerprint density at radius 3 is 2.60 bits per heavy atom. The summed E-state index contributed by atoms with van der Waals surface area (Å²) in [6.45, 7) is 0.890. The third kappa shape index (κ3) is 2.17. The van der Waals surface area contributed by atoms with Crippen LogP contribution in [-0.4, -0.2) is 19.1 Å². The summed E-state index contributed by atoms with van der Waals surface area (Å²) in [6.07, 6.45) is 3.05. The summed E-state index contributed by atoms with van der Waals surface area (Å²) in [5.74, 6) is -0.132. The van der Waals surface area contributed by atoms with E-state index in [4.69, 9.17) is 4.74 Å². The maximum atomic E-state index is 13.2. The largest absolute Gasteiger partial charge is 0.376 e. The second-order valence-corrected chi connectivity index (χ2v) is 7.64. The van der Waals surface area contributed by atoms with E-state index in [1.54, 1.807) is 12.1 Å². The molecule has 0 bridgehead atoms. The zero-order valence-electron chi connectivity index (χ0n) is 13.9. The highest BCUT2D eigenvalue weighted by Crippen LogP contribution is 2.61. The van der Waals surface area contributed by atoms with Gasteiger partial charge in [-0.15, -0.1) is 0 Å². The van der Waals surface area contributed by atoms with Crippen molar-refractivity contribution in [3.63, 3.8) is 0 Å². The average Bonchev–Trinajstić information content (AvgIpc) is 3.22. The first kappa shape index (κ1) is 15.1. The van der Waals surface area contributed by atoms with Crippen LogP contribution in [0, 0.1) is 11.7 Å². The molecule has 5 rings (SSSR count). The maximum absolute atomic E-state index is 13.2. The van der Waals surface area contributed by atoms with Gasteiger partial charge >= 0.3 is 0 Å². The Labute approximate surface area is 146 Å². The van der Waals surface area contributed by atoms with Gasteiger partial charge in [-0.3, -0.25) is 4.79 Å². The van der Waals surface area contributed by atoms with Gasteiger partial charge in [-0.1, -0.05) is 36.4 Å². The lowest BCUT2D eigenvalue weighted by atomic mass is 9.87. The predicted octanol–water partition coefficient (Wildman–Crippen LogP) is 3.07. The highest BCUT2D eigenvalue weighted by Gasteiger charge is 2.62. The molecule has 0 aromatic heterocycles. The van der Waals surface area contributed by atoms with Crippen molar-refractivity contribution >= 4 is 5.91 Å². The number of fused-ring (bicyclic) bond motifs is 2. The van der Waals surface area contributed by atoms with Crippen LogP contribution < -0.4 is 5.32 Å². The number of carbonyl (C=O) groups is 1. The number of ether oxygens (including phenoxy) is 1. The number of rotatable bonds is 3. The van der Waals surface area contributed by atoms with Gasteiger partial charge in [0.2, 0.25) is 5.91 Å². The molecule has 2 aromatic carbocycles. The molecule has 3 aliphatic rings. The molecule has 1 spiro atoms. The minimum atomic E-state index is -0.507. The van der Waals surface area contributed by atoms with Gasteiger partial charge < -0.3 is 10.1 Å². The Morgan fingerprint density at radius 2 is 1.88 bits per heavy atom. The molecule has 25 heavy (non-hydrogen) atoms. The Hall–Kier alpha value is -2.20. The zero-order valence-corrected chi connectivity index (χ0v) is 13.9. The van der Waals surface area contributed by atoms with Crippen LogP contribution in [0.3, 0.4) is 0 Å². The van der Waals surface area contributed by atoms with E-state index >= 15 is 0 Å². The van der Waals surface area contributed by atoms with E-state index in [-0.39, 0.29) is 23.1 Å². The molecule has 0 radical (unpaired) electrons. The van der Waals surface area contributed by atoms with Crippen LogP contribution in [0.1, 0.15) is 29.5 Å². The monoisotopic (exact) mass is 337 g/mol. The molecule has 1 amide bonds. The topological polar surface area (TPSA) is 38.3 Å². The van der Waals surface area contributed by atoms with Gasteiger partial charge in [0.1, 0.15) is 11.4 Å². The Bertz CT molecular complexity index is 843. The fourth-order valence-corrected chi connectivity index (χ4v) is 4.65. The van der Waals surface area contributed by atoms with E-state index in [1.807, 2.05) is 0 Å². The molecule has 1 heterocycles. The van der Waals surface area contributed by atoms with Crippen molar-refractivity contribution in [3.05, 3.63) is 71.0 Å². The third-order valence-corrected chi connectivity index (χ3v) is 6.24. The van der Waals surface area contributed by atoms with Gasteiger partial charge in [-0.05, 0) is 48.1 Å². The second-order valence-electron chi connectivity index (χ2n) is 7.64. The molecule has 1 saturated heterocycles. The fourth-order valence-electron chi connectivity index (χ4n) is 4.65. The Balaban J connectivity index is 1.37. The van der Waals surface area contributed by atoms with Gasteiger partial charge in [-0.25, -0.2) is 4.39 Å². The molecule has 4 heteroatoms. The summed E-state index contributed by atoms with van der Waals surface area (Å²) in [5.41, 5.74) is 3.19. The molecule has 1 aliphatic heterocycles. The number of nitrogens with one attached hydrogen (secondary N) is 1. The first-order valence-corrected chi connectivity index (χ1v) is 8.87. The quantitative estimate of drug-likeness (QED) is 0.935. The maximum Gasteiger partial charge on any atom is 0.224 e. The molecule has 2 unspecified atom stereocenters. The first-order chi connectivity index (χ1) is 12.1. The van der Waals surface area contributed by atoms with Crippen LogP contribution in [0.15, 0.2) is 48.5 Å². The normalized spacial score (nSPS) is 28.3. The molecule has 2 aromatic rings. The van der Waals surface area contributed by atoms with E-state index in [0.29, 0.717) is 13.2 Å². The lowest BCUT2D eigenvalue weighted by Crippen LogP contribution is -2.60. The average molecular weight is 337 g/mol. The molecular weight excluding hydrogens is 317 g/mol. The van der Waals surface area contributed by atoms with E-state index < -0.39 is 5.54 Å². The number of hydrogen-bond acceptors (Lipinski definition) is 2. The highest BCUT2D eigenvalue weighted by atomic mass is 19.1. The van der Waals surface area contributed by atoms with Crippen LogP contribution in [0.4, 0.5) is 4.39 Å². The third-order valence-electron chi connectivity index (χ3n) is 6.24. The Morgan fingerprint density at radius 1 is 1.12 bits per heavy atom. The number of amides is 1. The Kier molecular flexibility index (Phi) is 3.11. The van der Waals surface area contributed by atoms with Crippen molar-refractivity contribution in [1.82, 2.24) is 5.32 Å². The molecule has 2 fully saturated rings. The number of hydrogen-bond donors (Lipinski definition) is 1. The summed E-state index contributed by atoms with van der Waals surface area (Å²) < 4.78 is 18.6. The minimum absolute atomic E-state index is 0.0362. The van der Waals surface area contributed by atoms with E-state index in [2.05, 4.69) is 29.6 Å². The van der Waals surface area contributed by atoms with Crippen LogP contribution in [0.5, 0.6) is 0 Å². The van der Waals surface area contributed by atoms with Crippen LogP contribution >= 0.6 is 0 Å². The molecule has 1 N–H and O–H groups in total. The lowest BCUT2D eigenvalue weighted by Gasteiger charge is -2.42. The standard InChI is InChI=1S/C21H20FNO2/c22-16-7-5-15(6-8-16)21(12-25-13-21)23-19(24)18-11-20(18)10-9-14-3-1-2-4-17(14)20/h1-8,18H,9-13H2,(H,23,24). The lowest BCUT2D eigenvalue weighted by molar-refractivity contribution is -0.135. The number of halogens is 1. The smallest absolute Gasteiger partial charge is 0.224 e. The van der Waals surface area contributed by atoms with Crippen molar-refractivity contribution in [2.24, 2.45) is 5.92 Å². The van der Waals surface area contributed by atoms with Gasteiger partial charge in [0, 0.05) is 11.3 Å². The van der Waals surface area contributed by atoms with E-state index in [9.17, 15) is 9.18 Å². The van der Waals surface area contributed by atoms with Gasteiger partial charge in [0.25, 0.3) is 0 Å². The number of carbonyl (C=O) groups excluding carboxylic acids is 1. The van der Waals surface area contributed by atoms with Gasteiger partial charge in [0.15, 0.2) is 0 Å². The molecule has 2 atom stereocenters.